The van der Waals surface area contributed by atoms with Gasteiger partial charge in [-0.15, -0.1) is 10.2 Å². The summed E-state index contributed by atoms with van der Waals surface area (Å²) < 4.78 is 6.92. The van der Waals surface area contributed by atoms with Crippen LogP contribution in [0.15, 0.2) is 30.6 Å². The number of hydrogen-bond donors (Lipinski definition) is 2. The average molecular weight is 421 g/mol. The average Bonchev–Trinajstić information content (AvgIpc) is 3.29. The molecule has 1 aliphatic heterocycles. The maximum atomic E-state index is 12.7. The number of carbonyl (C=O) groups excluding carboxylic acids is 2. The summed E-state index contributed by atoms with van der Waals surface area (Å²) in [6.45, 7) is 2.35. The number of nitrogens with zero attached hydrogens (tertiary/aromatic N) is 5. The van der Waals surface area contributed by atoms with Gasteiger partial charge in [-0.1, -0.05) is 6.92 Å². The number of fused-ring (bicyclic) bond motifs is 1. The molecule has 0 radical (unpaired) electrons. The summed E-state index contributed by atoms with van der Waals surface area (Å²) >= 11 is 0. The smallest absolute Gasteiger partial charge is 0.414 e. The van der Waals surface area contributed by atoms with Crippen LogP contribution >= 0.6 is 0 Å². The minimum absolute atomic E-state index is 0.0439. The molecule has 31 heavy (non-hydrogen) atoms. The molecule has 2 aliphatic rings. The van der Waals surface area contributed by atoms with Gasteiger partial charge in [0.15, 0.2) is 5.82 Å². The first kappa shape index (κ1) is 19.3. The summed E-state index contributed by atoms with van der Waals surface area (Å²) in [5, 5.41) is 16.0. The van der Waals surface area contributed by atoms with Gasteiger partial charge in [-0.05, 0) is 42.5 Å². The molecule has 3 aromatic rings. The zero-order valence-electron chi connectivity index (χ0n) is 17.3. The second-order valence-electron chi connectivity index (χ2n) is 8.10. The van der Waals surface area contributed by atoms with Crippen molar-refractivity contribution >= 4 is 40.1 Å². The minimum Gasteiger partial charge on any atom is -0.447 e. The highest BCUT2D eigenvalue weighted by molar-refractivity contribution is 6.00. The molecule has 1 saturated heterocycles. The van der Waals surface area contributed by atoms with Gasteiger partial charge < -0.3 is 15.8 Å². The van der Waals surface area contributed by atoms with Crippen molar-refractivity contribution in [2.45, 2.75) is 31.7 Å². The van der Waals surface area contributed by atoms with E-state index in [1.165, 1.54) is 0 Å². The van der Waals surface area contributed by atoms with Crippen LogP contribution in [0.3, 0.4) is 0 Å². The van der Waals surface area contributed by atoms with Crippen LogP contribution in [0.1, 0.15) is 31.2 Å². The fraction of sp³-hybridized carbons (Fsp3) is 0.381. The lowest BCUT2D eigenvalue weighted by Gasteiger charge is -2.21. The van der Waals surface area contributed by atoms with Gasteiger partial charge in [0.25, 0.3) is 0 Å². The molecule has 0 spiro atoms. The van der Waals surface area contributed by atoms with E-state index in [4.69, 9.17) is 10.5 Å². The van der Waals surface area contributed by atoms with E-state index >= 15 is 0 Å². The van der Waals surface area contributed by atoms with Crippen LogP contribution in [-0.2, 0) is 16.6 Å². The first-order chi connectivity index (χ1) is 14.9. The first-order valence-electron chi connectivity index (χ1n) is 10.3. The Balaban J connectivity index is 1.38. The highest BCUT2D eigenvalue weighted by atomic mass is 16.6. The molecule has 5 rings (SSSR count). The van der Waals surface area contributed by atoms with E-state index < -0.39 is 6.09 Å². The Kier molecular flexibility index (Phi) is 4.49. The van der Waals surface area contributed by atoms with Crippen molar-refractivity contribution < 1.29 is 14.3 Å². The molecule has 160 valence electrons. The van der Waals surface area contributed by atoms with Crippen LogP contribution in [-0.4, -0.2) is 44.6 Å². The summed E-state index contributed by atoms with van der Waals surface area (Å²) in [6, 6.07) is 5.20. The Morgan fingerprint density at radius 2 is 2.16 bits per heavy atom. The molecule has 1 aliphatic carbocycles. The SMILES string of the molecule is CC[C@H]1COC(=O)N1c1cc(N)c2nnc(NC(=O)[C@@H]3C[C@H]3c3cnn(C)c3)cc2c1. The van der Waals surface area contributed by atoms with Gasteiger partial charge in [0.2, 0.25) is 5.91 Å². The Morgan fingerprint density at radius 1 is 1.32 bits per heavy atom. The van der Waals surface area contributed by atoms with E-state index in [0.717, 1.165) is 18.4 Å². The molecule has 3 atom stereocenters. The van der Waals surface area contributed by atoms with E-state index in [1.54, 1.807) is 27.9 Å². The molecule has 2 fully saturated rings. The number of aryl methyl sites for hydroxylation is 1. The second kappa shape index (κ2) is 7.22. The van der Waals surface area contributed by atoms with Gasteiger partial charge in [-0.25, -0.2) is 4.79 Å². The quantitative estimate of drug-likeness (QED) is 0.605. The van der Waals surface area contributed by atoms with Gasteiger partial charge in [-0.2, -0.15) is 5.10 Å². The van der Waals surface area contributed by atoms with Gasteiger partial charge >= 0.3 is 6.09 Å². The van der Waals surface area contributed by atoms with E-state index in [9.17, 15) is 9.59 Å². The maximum absolute atomic E-state index is 12.7. The highest BCUT2D eigenvalue weighted by Crippen LogP contribution is 2.47. The molecule has 3 N–H and O–H groups in total. The lowest BCUT2D eigenvalue weighted by atomic mass is 10.1. The molecular formula is C21H23N7O3. The number of amides is 2. The number of anilines is 3. The van der Waals surface area contributed by atoms with E-state index in [-0.39, 0.29) is 23.8 Å². The lowest BCUT2D eigenvalue weighted by Crippen LogP contribution is -2.32. The number of nitrogens with one attached hydrogen (secondary N) is 1. The third-order valence-electron chi connectivity index (χ3n) is 5.95. The number of hydrogen-bond acceptors (Lipinski definition) is 7. The fourth-order valence-corrected chi connectivity index (χ4v) is 4.15. The predicted octanol–water partition coefficient (Wildman–Crippen LogP) is 2.42. The van der Waals surface area contributed by atoms with Crippen molar-refractivity contribution in [2.75, 3.05) is 22.6 Å². The molecule has 10 heteroatoms. The van der Waals surface area contributed by atoms with Crippen molar-refractivity contribution in [2.24, 2.45) is 13.0 Å². The summed E-state index contributed by atoms with van der Waals surface area (Å²) in [7, 11) is 1.86. The minimum atomic E-state index is -0.392. The summed E-state index contributed by atoms with van der Waals surface area (Å²) in [6.07, 6.45) is 4.89. The Hall–Kier alpha value is -3.69. The molecule has 10 nitrogen and oxygen atoms in total. The number of cyclic esters (lactones) is 1. The van der Waals surface area contributed by atoms with Crippen LogP contribution in [0.25, 0.3) is 10.9 Å². The standard InChI is InChI=1S/C21H23N7O3/c1-3-13-10-31-21(30)28(13)14-4-11-5-18(25-26-19(11)17(22)6-14)24-20(29)16-7-15(16)12-8-23-27(2)9-12/h4-6,8-9,13,15-16H,3,7,10,22H2,1-2H3,(H,24,25,29)/t13-,15-,16+/m0/s1. The Morgan fingerprint density at radius 3 is 2.90 bits per heavy atom. The van der Waals surface area contributed by atoms with E-state index in [0.29, 0.717) is 34.7 Å². The lowest BCUT2D eigenvalue weighted by molar-refractivity contribution is -0.117. The topological polar surface area (TPSA) is 128 Å². The van der Waals surface area contributed by atoms with E-state index in [2.05, 4.69) is 20.6 Å². The molecule has 2 amide bonds. The molecule has 1 saturated carbocycles. The Bertz CT molecular complexity index is 1190. The van der Waals surface area contributed by atoms with Crippen LogP contribution in [0.2, 0.25) is 0 Å². The first-order valence-corrected chi connectivity index (χ1v) is 10.3. The predicted molar refractivity (Wildman–Crippen MR) is 115 cm³/mol. The van der Waals surface area contributed by atoms with Crippen LogP contribution < -0.4 is 16.0 Å². The van der Waals surface area contributed by atoms with Gasteiger partial charge in [0.1, 0.15) is 12.1 Å². The molecule has 3 heterocycles. The van der Waals surface area contributed by atoms with Crippen LogP contribution in [0.4, 0.5) is 22.0 Å². The van der Waals surface area contributed by atoms with E-state index in [1.807, 2.05) is 26.2 Å². The van der Waals surface area contributed by atoms with Crippen molar-refractivity contribution in [3.63, 3.8) is 0 Å². The fourth-order valence-electron chi connectivity index (χ4n) is 4.15. The second-order valence-corrected chi connectivity index (χ2v) is 8.10. The third kappa shape index (κ3) is 3.43. The van der Waals surface area contributed by atoms with Gasteiger partial charge in [0.05, 0.1) is 23.6 Å². The van der Waals surface area contributed by atoms with Crippen molar-refractivity contribution in [1.82, 2.24) is 20.0 Å². The number of ether oxygens (including phenoxy) is 1. The zero-order chi connectivity index (χ0) is 21.7. The molecule has 2 aromatic heterocycles. The van der Waals surface area contributed by atoms with Crippen LogP contribution in [0, 0.1) is 5.92 Å². The van der Waals surface area contributed by atoms with Crippen molar-refractivity contribution in [1.29, 1.82) is 0 Å². The van der Waals surface area contributed by atoms with Crippen LogP contribution in [0.5, 0.6) is 0 Å². The summed E-state index contributed by atoms with van der Waals surface area (Å²) in [5.74, 6) is 0.321. The number of benzene rings is 1. The molecule has 1 aromatic carbocycles. The third-order valence-corrected chi connectivity index (χ3v) is 5.95. The zero-order valence-corrected chi connectivity index (χ0v) is 17.3. The monoisotopic (exact) mass is 421 g/mol. The number of rotatable bonds is 5. The van der Waals surface area contributed by atoms with Crippen molar-refractivity contribution in [3.8, 4) is 0 Å². The van der Waals surface area contributed by atoms with Gasteiger partial charge in [0, 0.05) is 24.5 Å². The van der Waals surface area contributed by atoms with Gasteiger partial charge in [-0.3, -0.25) is 14.4 Å². The molecule has 0 bridgehead atoms. The molecular weight excluding hydrogens is 398 g/mol. The Labute approximate surface area is 178 Å². The normalized spacial score (nSPS) is 22.6. The molecule has 0 unspecified atom stereocenters. The largest absolute Gasteiger partial charge is 0.447 e. The number of nitrogens with two attached hydrogens (primary N) is 1. The number of nitrogen functional groups attached to an aromatic ring is 1. The summed E-state index contributed by atoms with van der Waals surface area (Å²) in [4.78, 5) is 26.5. The number of aromatic nitrogens is 4. The maximum Gasteiger partial charge on any atom is 0.414 e. The highest BCUT2D eigenvalue weighted by Gasteiger charge is 2.44. The van der Waals surface area contributed by atoms with Crippen molar-refractivity contribution in [3.05, 3.63) is 36.2 Å². The summed E-state index contributed by atoms with van der Waals surface area (Å²) in [5.41, 5.74) is 8.80. The number of carbonyl (C=O) groups is 2.